The number of nitrogens with zero attached hydrogens (tertiary/aromatic N) is 1. The van der Waals surface area contributed by atoms with Crippen LogP contribution < -0.4 is 5.32 Å². The van der Waals surface area contributed by atoms with Crippen LogP contribution in [0.1, 0.15) is 24.1 Å². The molecule has 8 heteroatoms. The number of aromatic nitrogens is 1. The average Bonchev–Trinajstić information content (AvgIpc) is 3.30. The summed E-state index contributed by atoms with van der Waals surface area (Å²) in [5.41, 5.74) is 1.39. The first-order chi connectivity index (χ1) is 13.4. The number of carbonyl (C=O) groups is 1. The lowest BCUT2D eigenvalue weighted by Gasteiger charge is -2.16. The normalized spacial score (nSPS) is 17.0. The Morgan fingerprint density at radius 1 is 1.29 bits per heavy atom. The molecule has 1 saturated heterocycles. The van der Waals surface area contributed by atoms with Gasteiger partial charge in [0.15, 0.2) is 0 Å². The van der Waals surface area contributed by atoms with Crippen molar-refractivity contribution >= 4 is 21.6 Å². The summed E-state index contributed by atoms with van der Waals surface area (Å²) in [6.45, 7) is 4.96. The van der Waals surface area contributed by atoms with Crippen molar-refractivity contribution in [3.63, 3.8) is 0 Å². The SMILES string of the molecule is COCCn1c(C)c(C)c(S(=O)(=O)c2ccccc2)c1NC(=O)[C@H]1CCCO1. The van der Waals surface area contributed by atoms with Crippen molar-refractivity contribution in [1.29, 1.82) is 0 Å². The largest absolute Gasteiger partial charge is 0.383 e. The standard InChI is InChI=1S/C20H26N2O5S/c1-14-15(2)22(11-13-26-3)19(21-20(23)17-10-7-12-27-17)18(14)28(24,25)16-8-5-4-6-9-16/h4-6,8-9,17H,7,10-13H2,1-3H3,(H,21,23)/t17-/m1/s1. The first-order valence-electron chi connectivity index (χ1n) is 9.29. The number of carbonyl (C=O) groups excluding carboxylic acids is 1. The lowest BCUT2D eigenvalue weighted by molar-refractivity contribution is -0.124. The average molecular weight is 407 g/mol. The predicted molar refractivity (Wildman–Crippen MR) is 105 cm³/mol. The molecule has 3 rings (SSSR count). The van der Waals surface area contributed by atoms with Gasteiger partial charge in [0.1, 0.15) is 16.8 Å². The Morgan fingerprint density at radius 2 is 2.00 bits per heavy atom. The van der Waals surface area contributed by atoms with Gasteiger partial charge in [0.05, 0.1) is 11.5 Å². The summed E-state index contributed by atoms with van der Waals surface area (Å²) in [7, 11) is -2.23. The number of sulfone groups is 1. The Labute approximate surface area is 165 Å². The number of ether oxygens (including phenoxy) is 2. The molecule has 1 aromatic heterocycles. The van der Waals surface area contributed by atoms with Gasteiger partial charge in [-0.05, 0) is 44.4 Å². The van der Waals surface area contributed by atoms with Crippen molar-refractivity contribution in [2.45, 2.75) is 49.1 Å². The molecule has 0 saturated carbocycles. The van der Waals surface area contributed by atoms with Crippen LogP contribution >= 0.6 is 0 Å². The number of rotatable bonds is 7. The van der Waals surface area contributed by atoms with E-state index in [2.05, 4.69) is 5.32 Å². The summed E-state index contributed by atoms with van der Waals surface area (Å²) in [5, 5.41) is 2.83. The van der Waals surface area contributed by atoms with E-state index >= 15 is 0 Å². The Morgan fingerprint density at radius 3 is 2.61 bits per heavy atom. The molecule has 0 bridgehead atoms. The zero-order valence-electron chi connectivity index (χ0n) is 16.4. The zero-order valence-corrected chi connectivity index (χ0v) is 17.2. The molecule has 2 aromatic rings. The number of nitrogens with one attached hydrogen (secondary N) is 1. The van der Waals surface area contributed by atoms with Gasteiger partial charge in [-0.1, -0.05) is 18.2 Å². The lowest BCUT2D eigenvalue weighted by Crippen LogP contribution is -2.29. The highest BCUT2D eigenvalue weighted by Gasteiger charge is 2.32. The topological polar surface area (TPSA) is 86.6 Å². The van der Waals surface area contributed by atoms with Crippen LogP contribution in [0.2, 0.25) is 0 Å². The van der Waals surface area contributed by atoms with Crippen molar-refractivity contribution < 1.29 is 22.7 Å². The second-order valence-corrected chi connectivity index (χ2v) is 8.73. The summed E-state index contributed by atoms with van der Waals surface area (Å²) in [6.07, 6.45) is 0.887. The number of amides is 1. The number of hydrogen-bond donors (Lipinski definition) is 1. The molecule has 1 aliphatic heterocycles. The van der Waals surface area contributed by atoms with Crippen LogP contribution in [0.3, 0.4) is 0 Å². The Kier molecular flexibility index (Phi) is 6.22. The molecule has 1 atom stereocenters. The van der Waals surface area contributed by atoms with E-state index in [1.807, 2.05) is 6.92 Å². The maximum Gasteiger partial charge on any atom is 0.254 e. The lowest BCUT2D eigenvalue weighted by atomic mass is 10.2. The monoisotopic (exact) mass is 406 g/mol. The van der Waals surface area contributed by atoms with Crippen molar-refractivity contribution in [3.8, 4) is 0 Å². The third-order valence-corrected chi connectivity index (χ3v) is 7.01. The fraction of sp³-hybridized carbons (Fsp3) is 0.450. The third-order valence-electron chi connectivity index (χ3n) is 5.08. The van der Waals surface area contributed by atoms with Crippen LogP contribution in [0.4, 0.5) is 5.82 Å². The highest BCUT2D eigenvalue weighted by atomic mass is 32.2. The minimum absolute atomic E-state index is 0.124. The van der Waals surface area contributed by atoms with E-state index in [0.717, 1.165) is 12.1 Å². The number of hydrogen-bond acceptors (Lipinski definition) is 5. The van der Waals surface area contributed by atoms with Crippen LogP contribution in [0.25, 0.3) is 0 Å². The molecule has 7 nitrogen and oxygen atoms in total. The maximum atomic E-state index is 13.4. The Hall–Kier alpha value is -2.16. The molecule has 2 heterocycles. The fourth-order valence-electron chi connectivity index (χ4n) is 3.45. The van der Waals surface area contributed by atoms with Crippen LogP contribution in [-0.2, 0) is 30.7 Å². The van der Waals surface area contributed by atoms with E-state index in [-0.39, 0.29) is 21.5 Å². The van der Waals surface area contributed by atoms with Gasteiger partial charge in [-0.2, -0.15) is 0 Å². The zero-order chi connectivity index (χ0) is 20.3. The predicted octanol–water partition coefficient (Wildman–Crippen LogP) is 2.70. The van der Waals surface area contributed by atoms with Gasteiger partial charge in [0.2, 0.25) is 9.84 Å². The molecule has 28 heavy (non-hydrogen) atoms. The molecule has 0 spiro atoms. The number of methoxy groups -OCH3 is 1. The maximum absolute atomic E-state index is 13.4. The van der Waals surface area contributed by atoms with Crippen molar-refractivity contribution in [3.05, 3.63) is 41.6 Å². The molecular formula is C20H26N2O5S. The molecule has 1 aliphatic rings. The van der Waals surface area contributed by atoms with Gasteiger partial charge >= 0.3 is 0 Å². The van der Waals surface area contributed by atoms with Gasteiger partial charge in [-0.3, -0.25) is 4.79 Å². The number of benzene rings is 1. The van der Waals surface area contributed by atoms with Crippen molar-refractivity contribution in [2.24, 2.45) is 0 Å². The summed E-state index contributed by atoms with van der Waals surface area (Å²) in [6, 6.07) is 8.24. The summed E-state index contributed by atoms with van der Waals surface area (Å²) >= 11 is 0. The highest BCUT2D eigenvalue weighted by molar-refractivity contribution is 7.91. The molecular weight excluding hydrogens is 380 g/mol. The van der Waals surface area contributed by atoms with E-state index in [9.17, 15) is 13.2 Å². The molecule has 0 unspecified atom stereocenters. The Balaban J connectivity index is 2.11. The number of anilines is 1. The van der Waals surface area contributed by atoms with E-state index in [1.54, 1.807) is 48.9 Å². The van der Waals surface area contributed by atoms with Gasteiger partial charge in [-0.25, -0.2) is 8.42 Å². The quantitative estimate of drug-likeness (QED) is 0.764. The first kappa shape index (κ1) is 20.6. The second-order valence-electron chi connectivity index (χ2n) is 6.84. The van der Waals surface area contributed by atoms with Gasteiger partial charge in [0.25, 0.3) is 5.91 Å². The molecule has 152 valence electrons. The van der Waals surface area contributed by atoms with Gasteiger partial charge < -0.3 is 19.4 Å². The summed E-state index contributed by atoms with van der Waals surface area (Å²) in [4.78, 5) is 13.0. The minimum atomic E-state index is -3.81. The summed E-state index contributed by atoms with van der Waals surface area (Å²) < 4.78 is 39.2. The second kappa shape index (κ2) is 8.46. The van der Waals surface area contributed by atoms with Crippen LogP contribution in [-0.4, -0.2) is 45.3 Å². The molecule has 0 aliphatic carbocycles. The van der Waals surface area contributed by atoms with Crippen molar-refractivity contribution in [1.82, 2.24) is 4.57 Å². The van der Waals surface area contributed by atoms with E-state index in [0.29, 0.717) is 31.7 Å². The first-order valence-corrected chi connectivity index (χ1v) is 10.8. The van der Waals surface area contributed by atoms with Gasteiger partial charge in [0, 0.05) is 26.0 Å². The smallest absolute Gasteiger partial charge is 0.254 e. The van der Waals surface area contributed by atoms with E-state index in [1.165, 1.54) is 0 Å². The molecule has 1 aromatic carbocycles. The minimum Gasteiger partial charge on any atom is -0.383 e. The van der Waals surface area contributed by atoms with Crippen LogP contribution in [0.15, 0.2) is 40.1 Å². The third kappa shape index (κ3) is 3.85. The van der Waals surface area contributed by atoms with Gasteiger partial charge in [-0.15, -0.1) is 0 Å². The van der Waals surface area contributed by atoms with E-state index < -0.39 is 15.9 Å². The highest BCUT2D eigenvalue weighted by Crippen LogP contribution is 2.35. The van der Waals surface area contributed by atoms with Crippen LogP contribution in [0.5, 0.6) is 0 Å². The summed E-state index contributed by atoms with van der Waals surface area (Å²) in [5.74, 6) is -0.0467. The Bertz CT molecular complexity index is 945. The molecule has 0 radical (unpaired) electrons. The molecule has 1 amide bonds. The fourth-order valence-corrected chi connectivity index (χ4v) is 5.17. The van der Waals surface area contributed by atoms with E-state index in [4.69, 9.17) is 9.47 Å². The van der Waals surface area contributed by atoms with Crippen LogP contribution in [0, 0.1) is 13.8 Å². The molecule has 1 fully saturated rings. The molecule has 1 N–H and O–H groups in total. The van der Waals surface area contributed by atoms with Crippen molar-refractivity contribution in [2.75, 3.05) is 25.6 Å².